The molecule has 16 heteroatoms. The van der Waals surface area contributed by atoms with Crippen molar-refractivity contribution in [3.8, 4) is 0 Å². The predicted octanol–water partition coefficient (Wildman–Crippen LogP) is -3.18. The van der Waals surface area contributed by atoms with Crippen molar-refractivity contribution in [2.24, 2.45) is 0 Å². The summed E-state index contributed by atoms with van der Waals surface area (Å²) in [6, 6.07) is 0. The molecule has 0 aliphatic rings. The van der Waals surface area contributed by atoms with Gasteiger partial charge in [-0.1, -0.05) is 0 Å². The fourth-order valence-electron chi connectivity index (χ4n) is 1.44. The van der Waals surface area contributed by atoms with Gasteiger partial charge in [-0.05, 0) is 48.5 Å². The van der Waals surface area contributed by atoms with Crippen LogP contribution < -0.4 is 15.3 Å². The first kappa shape index (κ1) is 49.2. The maximum atomic E-state index is 10.4. The van der Waals surface area contributed by atoms with Gasteiger partial charge < -0.3 is 39.2 Å². The molecule has 0 rings (SSSR count). The topological polar surface area (TPSA) is 258 Å². The second-order valence-electron chi connectivity index (χ2n) is 7.12. The Bertz CT molecular complexity index is 719. The minimum atomic E-state index is -1.31. The van der Waals surface area contributed by atoms with Crippen LogP contribution in [0.1, 0.15) is 80.6 Å². The van der Waals surface area contributed by atoms with E-state index in [1.54, 1.807) is 13.8 Å². The monoisotopic (exact) mass is 590 g/mol. The largest absolute Gasteiger partial charge is 3.00 e. The second kappa shape index (κ2) is 33.3. The molecule has 0 unspecified atom stereocenters. The van der Waals surface area contributed by atoms with Crippen LogP contribution in [-0.4, -0.2) is 89.3 Å². The van der Waals surface area contributed by atoms with E-state index in [0.717, 1.165) is 0 Å². The molecule has 0 bridgehead atoms. The van der Waals surface area contributed by atoms with Crippen LogP contribution in [0, 0.1) is 0 Å². The van der Waals surface area contributed by atoms with Crippen LogP contribution in [0.2, 0.25) is 0 Å². The summed E-state index contributed by atoms with van der Waals surface area (Å²) in [7, 11) is 0. The SMILES string of the molecule is CC(=O)CC(=O)[O-].CC(=O)CC(=O)[O-].CC(=O)CC(=O)[O-].CCOC(=O)CC(C)=O.CCOC(=O)CC(C)=O.[Al+3]. The summed E-state index contributed by atoms with van der Waals surface area (Å²) in [5.74, 6) is -6.26. The molecule has 0 atom stereocenters. The van der Waals surface area contributed by atoms with Crippen molar-refractivity contribution in [2.75, 3.05) is 13.2 Å². The van der Waals surface area contributed by atoms with Crippen LogP contribution in [0.25, 0.3) is 0 Å². The number of rotatable bonds is 12. The van der Waals surface area contributed by atoms with E-state index in [0.29, 0.717) is 13.2 Å². The van der Waals surface area contributed by atoms with Crippen LogP contribution in [-0.2, 0) is 57.4 Å². The molecule has 0 fully saturated rings. The van der Waals surface area contributed by atoms with E-state index in [9.17, 15) is 63.3 Å². The third-order valence-corrected chi connectivity index (χ3v) is 2.58. The van der Waals surface area contributed by atoms with Gasteiger partial charge in [0.25, 0.3) is 0 Å². The summed E-state index contributed by atoms with van der Waals surface area (Å²) >= 11 is 0. The molecule has 0 aliphatic carbocycles. The average molecular weight is 591 g/mol. The molecule has 0 aromatic heterocycles. The number of hydrogen-bond acceptors (Lipinski definition) is 15. The number of ketones is 5. The van der Waals surface area contributed by atoms with Crippen molar-refractivity contribution >= 4 is 76.1 Å². The van der Waals surface area contributed by atoms with Gasteiger partial charge in [-0.15, -0.1) is 0 Å². The fraction of sp³-hybridized carbons (Fsp3) is 0.583. The molecular weight excluding hydrogens is 555 g/mol. The number of Topliss-reactive ketones (excluding diaryl/α,β-unsaturated/α-hetero) is 5. The molecule has 0 aromatic rings. The molecule has 0 heterocycles. The average Bonchev–Trinajstić information content (AvgIpc) is 2.65. The zero-order valence-corrected chi connectivity index (χ0v) is 24.8. The third-order valence-electron chi connectivity index (χ3n) is 2.58. The number of carboxylic acids is 3. The van der Waals surface area contributed by atoms with Crippen molar-refractivity contribution in [2.45, 2.75) is 80.6 Å². The van der Waals surface area contributed by atoms with Gasteiger partial charge in [0.2, 0.25) is 0 Å². The summed E-state index contributed by atoms with van der Waals surface area (Å²) in [5, 5.41) is 28.4. The van der Waals surface area contributed by atoms with Gasteiger partial charge in [-0.25, -0.2) is 0 Å². The molecule has 0 radical (unpaired) electrons. The first-order valence-electron chi connectivity index (χ1n) is 11.1. The molecule has 0 saturated carbocycles. The zero-order valence-electron chi connectivity index (χ0n) is 23.7. The van der Waals surface area contributed by atoms with E-state index in [1.165, 1.54) is 34.6 Å². The summed E-state index contributed by atoms with van der Waals surface area (Å²) < 4.78 is 8.99. The van der Waals surface area contributed by atoms with Crippen molar-refractivity contribution in [3.05, 3.63) is 0 Å². The number of aliphatic carboxylic acids is 3. The van der Waals surface area contributed by atoms with Gasteiger partial charge in [-0.3, -0.25) is 33.6 Å². The van der Waals surface area contributed by atoms with Crippen molar-refractivity contribution in [1.29, 1.82) is 0 Å². The standard InChI is InChI=1S/2C6H10O3.3C4H6O3.Al/c2*1-3-9-6(8)4-5(2)7;3*1-3(5)2-4(6)7;/h2*3-4H2,1-2H3;3*2H2,1H3,(H,6,7);/q;;;;;+3/p-3. The Balaban J connectivity index is -0.0000000902. The Kier molecular flexibility index (Phi) is 40.9. The molecule has 0 aliphatic heterocycles. The number of carbonyl (C=O) groups excluding carboxylic acids is 10. The van der Waals surface area contributed by atoms with E-state index in [2.05, 4.69) is 9.47 Å². The molecule has 0 N–H and O–H groups in total. The quantitative estimate of drug-likeness (QED) is 0.123. The van der Waals surface area contributed by atoms with Crippen molar-refractivity contribution in [3.63, 3.8) is 0 Å². The summed E-state index contributed by atoms with van der Waals surface area (Å²) in [6.07, 6.45) is -1.62. The van der Waals surface area contributed by atoms with Crippen molar-refractivity contribution < 1.29 is 72.7 Å². The van der Waals surface area contributed by atoms with E-state index in [-0.39, 0.29) is 59.1 Å². The van der Waals surface area contributed by atoms with Crippen LogP contribution >= 0.6 is 0 Å². The third kappa shape index (κ3) is 76.5. The van der Waals surface area contributed by atoms with Gasteiger partial charge in [0.15, 0.2) is 0 Å². The molecule has 0 spiro atoms. The summed E-state index contributed by atoms with van der Waals surface area (Å²) in [5.41, 5.74) is 0. The normalized spacial score (nSPS) is 8.18. The maximum absolute atomic E-state index is 10.4. The van der Waals surface area contributed by atoms with Gasteiger partial charge in [-0.2, -0.15) is 0 Å². The van der Waals surface area contributed by atoms with E-state index >= 15 is 0 Å². The van der Waals surface area contributed by atoms with E-state index < -0.39 is 49.1 Å². The number of hydrogen-bond donors (Lipinski definition) is 0. The Morgan fingerprint density at radius 3 is 0.675 bits per heavy atom. The molecule has 224 valence electrons. The smallest absolute Gasteiger partial charge is 0.550 e. The molecule has 0 aromatic carbocycles. The summed E-state index contributed by atoms with van der Waals surface area (Å²) in [4.78, 5) is 99.2. The molecule has 40 heavy (non-hydrogen) atoms. The first-order valence-corrected chi connectivity index (χ1v) is 11.1. The Hall–Kier alpha value is -3.77. The summed E-state index contributed by atoms with van der Waals surface area (Å²) in [6.45, 7) is 10.4. The second-order valence-corrected chi connectivity index (χ2v) is 7.12. The number of carboxylic acid groups (broad SMARTS) is 3. The van der Waals surface area contributed by atoms with Gasteiger partial charge in [0, 0.05) is 37.2 Å². The number of esters is 2. The van der Waals surface area contributed by atoms with Crippen LogP contribution in [0.4, 0.5) is 0 Å². The Morgan fingerprint density at radius 2 is 0.600 bits per heavy atom. The fourth-order valence-corrected chi connectivity index (χ4v) is 1.44. The minimum absolute atomic E-state index is 0. The molecule has 0 saturated heterocycles. The molecule has 0 amide bonds. The number of carbonyl (C=O) groups is 10. The predicted molar refractivity (Wildman–Crippen MR) is 131 cm³/mol. The van der Waals surface area contributed by atoms with Gasteiger partial charge in [0.1, 0.15) is 41.8 Å². The maximum Gasteiger partial charge on any atom is 3.00 e. The molecular formula is C24H35AlO15. The Labute approximate surface area is 242 Å². The first-order chi connectivity index (χ1) is 17.7. The van der Waals surface area contributed by atoms with Gasteiger partial charge in [0.05, 0.1) is 13.2 Å². The van der Waals surface area contributed by atoms with Crippen LogP contribution in [0.3, 0.4) is 0 Å². The van der Waals surface area contributed by atoms with Crippen LogP contribution in [0.15, 0.2) is 0 Å². The zero-order chi connectivity index (χ0) is 32.1. The van der Waals surface area contributed by atoms with E-state index in [1.807, 2.05) is 0 Å². The van der Waals surface area contributed by atoms with Crippen LogP contribution in [0.5, 0.6) is 0 Å². The number of ether oxygens (including phenoxy) is 2. The van der Waals surface area contributed by atoms with E-state index in [4.69, 9.17) is 0 Å². The van der Waals surface area contributed by atoms with Crippen molar-refractivity contribution in [1.82, 2.24) is 0 Å². The Morgan fingerprint density at radius 1 is 0.425 bits per heavy atom. The minimum Gasteiger partial charge on any atom is -0.550 e. The molecule has 15 nitrogen and oxygen atoms in total. The van der Waals surface area contributed by atoms with Gasteiger partial charge >= 0.3 is 29.3 Å².